The zero-order valence-corrected chi connectivity index (χ0v) is 21.3. The Morgan fingerprint density at radius 3 is 2.61 bits per heavy atom. The Morgan fingerprint density at radius 2 is 1.89 bits per heavy atom. The fourth-order valence-corrected chi connectivity index (χ4v) is 3.18. The van der Waals surface area contributed by atoms with E-state index in [0.29, 0.717) is 35.1 Å². The third-order valence-corrected chi connectivity index (χ3v) is 5.55. The zero-order chi connectivity index (χ0) is 25.9. The summed E-state index contributed by atoms with van der Waals surface area (Å²) >= 11 is 3.43. The minimum absolute atomic E-state index is 0.0862. The number of nitrogens with zero attached hydrogens (tertiary/aromatic N) is 1. The Bertz CT molecular complexity index is 1240. The summed E-state index contributed by atoms with van der Waals surface area (Å²) in [7, 11) is 0. The number of nitrogens with one attached hydrogen (secondary N) is 3. The molecule has 11 heteroatoms. The number of ether oxygens (including phenoxy) is 2. The van der Waals surface area contributed by atoms with Gasteiger partial charge in [-0.05, 0) is 73.5 Å². The average molecular weight is 557 g/mol. The van der Waals surface area contributed by atoms with E-state index in [2.05, 4.69) is 37.1 Å². The van der Waals surface area contributed by atoms with Gasteiger partial charge in [0.25, 0.3) is 5.91 Å². The van der Waals surface area contributed by atoms with Gasteiger partial charge in [0.2, 0.25) is 0 Å². The molecule has 0 aliphatic rings. The number of halogens is 1. The van der Waals surface area contributed by atoms with Gasteiger partial charge in [-0.2, -0.15) is 5.10 Å². The molecule has 2 aromatic carbocycles. The molecule has 0 aliphatic carbocycles. The van der Waals surface area contributed by atoms with Gasteiger partial charge in [0, 0.05) is 10.2 Å². The van der Waals surface area contributed by atoms with Crippen LogP contribution in [0.3, 0.4) is 0 Å². The van der Waals surface area contributed by atoms with Crippen LogP contribution in [-0.4, -0.2) is 37.1 Å². The van der Waals surface area contributed by atoms with Crippen molar-refractivity contribution < 1.29 is 28.3 Å². The number of amides is 3. The Morgan fingerprint density at radius 1 is 1.06 bits per heavy atom. The lowest BCUT2D eigenvalue weighted by molar-refractivity contribution is -0.139. The molecular formula is C25H25BrN4O6. The second-order valence-corrected chi connectivity index (χ2v) is 8.26. The molecule has 10 nitrogen and oxygen atoms in total. The summed E-state index contributed by atoms with van der Waals surface area (Å²) in [5.41, 5.74) is 4.40. The predicted octanol–water partition coefficient (Wildman–Crippen LogP) is 3.53. The first-order valence-corrected chi connectivity index (χ1v) is 11.7. The number of benzene rings is 2. The molecule has 3 rings (SSSR count). The number of rotatable bonds is 10. The Kier molecular flexibility index (Phi) is 9.64. The molecule has 0 atom stereocenters. The van der Waals surface area contributed by atoms with Crippen LogP contribution >= 0.6 is 15.9 Å². The summed E-state index contributed by atoms with van der Waals surface area (Å²) in [6, 6.07) is 13.8. The molecule has 188 valence electrons. The molecule has 3 amide bonds. The van der Waals surface area contributed by atoms with Crippen LogP contribution in [0.5, 0.6) is 11.5 Å². The quantitative estimate of drug-likeness (QED) is 0.199. The molecule has 0 aliphatic heterocycles. The monoisotopic (exact) mass is 556 g/mol. The smallest absolute Gasteiger partial charge is 0.329 e. The van der Waals surface area contributed by atoms with Crippen molar-refractivity contribution in [2.45, 2.75) is 20.4 Å². The van der Waals surface area contributed by atoms with Crippen LogP contribution < -0.4 is 25.5 Å². The molecule has 1 aromatic heterocycles. The third kappa shape index (κ3) is 7.98. The van der Waals surface area contributed by atoms with E-state index in [1.807, 2.05) is 26.0 Å². The van der Waals surface area contributed by atoms with E-state index < -0.39 is 11.8 Å². The predicted molar refractivity (Wildman–Crippen MR) is 137 cm³/mol. The summed E-state index contributed by atoms with van der Waals surface area (Å²) in [4.78, 5) is 36.0. The summed E-state index contributed by atoms with van der Waals surface area (Å²) in [6.45, 7) is 3.98. The van der Waals surface area contributed by atoms with Gasteiger partial charge in [0.05, 0.1) is 25.6 Å². The van der Waals surface area contributed by atoms with Gasteiger partial charge < -0.3 is 24.5 Å². The average Bonchev–Trinajstić information content (AvgIpc) is 3.38. The van der Waals surface area contributed by atoms with Crippen molar-refractivity contribution in [1.82, 2.24) is 10.7 Å². The fraction of sp³-hybridized carbons (Fsp3) is 0.200. The molecule has 3 N–H and O–H groups in total. The second kappa shape index (κ2) is 13.1. The van der Waals surface area contributed by atoms with E-state index in [4.69, 9.17) is 13.9 Å². The van der Waals surface area contributed by atoms with Gasteiger partial charge >= 0.3 is 11.8 Å². The number of anilines is 1. The lowest BCUT2D eigenvalue weighted by atomic mass is 10.2. The largest absolute Gasteiger partial charge is 0.490 e. The number of hydrazone groups is 1. The number of aryl methyl sites for hydroxylation is 1. The van der Waals surface area contributed by atoms with Crippen molar-refractivity contribution in [3.05, 3.63) is 76.2 Å². The molecule has 0 unspecified atom stereocenters. The number of carbonyl (C=O) groups is 3. The van der Waals surface area contributed by atoms with E-state index in [0.717, 1.165) is 10.0 Å². The zero-order valence-electron chi connectivity index (χ0n) is 19.7. The first kappa shape index (κ1) is 26.5. The maximum Gasteiger partial charge on any atom is 0.329 e. The molecular weight excluding hydrogens is 532 g/mol. The lowest BCUT2D eigenvalue weighted by Gasteiger charge is -2.13. The maximum atomic E-state index is 12.3. The highest BCUT2D eigenvalue weighted by atomic mass is 79.9. The van der Waals surface area contributed by atoms with Gasteiger partial charge in [-0.15, -0.1) is 0 Å². The highest BCUT2D eigenvalue weighted by Gasteiger charge is 2.13. The van der Waals surface area contributed by atoms with Gasteiger partial charge in [0.1, 0.15) is 5.76 Å². The normalized spacial score (nSPS) is 10.6. The topological polar surface area (TPSA) is 131 Å². The molecule has 1 heterocycles. The molecule has 0 bridgehead atoms. The molecule has 0 fully saturated rings. The van der Waals surface area contributed by atoms with Crippen molar-refractivity contribution in [2.75, 3.05) is 18.5 Å². The summed E-state index contributed by atoms with van der Waals surface area (Å²) in [6.07, 6.45) is 2.82. The number of carbonyl (C=O) groups excluding carboxylic acids is 3. The van der Waals surface area contributed by atoms with Crippen LogP contribution in [0.1, 0.15) is 23.8 Å². The fourth-order valence-electron chi connectivity index (χ4n) is 2.93. The van der Waals surface area contributed by atoms with Crippen LogP contribution in [-0.2, 0) is 20.9 Å². The molecule has 0 saturated heterocycles. The minimum atomic E-state index is -0.922. The van der Waals surface area contributed by atoms with Gasteiger partial charge in [0.15, 0.2) is 18.1 Å². The van der Waals surface area contributed by atoms with Crippen LogP contribution in [0.4, 0.5) is 5.69 Å². The molecule has 0 spiro atoms. The van der Waals surface area contributed by atoms with E-state index >= 15 is 0 Å². The number of furan rings is 1. The van der Waals surface area contributed by atoms with E-state index in [1.165, 1.54) is 12.5 Å². The van der Waals surface area contributed by atoms with Crippen molar-refractivity contribution in [3.8, 4) is 11.5 Å². The third-order valence-electron chi connectivity index (χ3n) is 4.66. The molecule has 0 radical (unpaired) electrons. The van der Waals surface area contributed by atoms with E-state index in [1.54, 1.807) is 36.4 Å². The van der Waals surface area contributed by atoms with E-state index in [9.17, 15) is 14.4 Å². The SMILES string of the molecule is CCOc1cc(/C=N\NC(=O)C(=O)NCc2ccco2)ccc1OCC(=O)Nc1ccc(Br)c(C)c1. The van der Waals surface area contributed by atoms with Crippen molar-refractivity contribution in [3.63, 3.8) is 0 Å². The standard InChI is InChI=1S/C25H25BrN4O6/c1-3-34-22-12-17(13-28-30-25(33)24(32)27-14-19-5-4-10-35-19)6-9-21(22)36-15-23(31)29-18-7-8-20(26)16(2)11-18/h4-13H,3,14-15H2,1-2H3,(H,27,32)(H,29,31)(H,30,33)/b28-13-. The first-order chi connectivity index (χ1) is 17.4. The molecule has 0 saturated carbocycles. The number of hydrogen-bond acceptors (Lipinski definition) is 7. The summed E-state index contributed by atoms with van der Waals surface area (Å²) in [5, 5.41) is 9.00. The molecule has 3 aromatic rings. The summed E-state index contributed by atoms with van der Waals surface area (Å²) in [5.74, 6) is -0.800. The maximum absolute atomic E-state index is 12.3. The first-order valence-electron chi connectivity index (χ1n) is 10.9. The minimum Gasteiger partial charge on any atom is -0.490 e. The Labute approximate surface area is 216 Å². The highest BCUT2D eigenvalue weighted by molar-refractivity contribution is 9.10. The van der Waals surface area contributed by atoms with Gasteiger partial charge in [-0.1, -0.05) is 15.9 Å². The van der Waals surface area contributed by atoms with E-state index in [-0.39, 0.29) is 19.1 Å². The van der Waals surface area contributed by atoms with Crippen molar-refractivity contribution >= 4 is 45.6 Å². The van der Waals surface area contributed by atoms with Crippen molar-refractivity contribution in [1.29, 1.82) is 0 Å². The van der Waals surface area contributed by atoms with Crippen LogP contribution in [0.2, 0.25) is 0 Å². The van der Waals surface area contributed by atoms with Crippen LogP contribution in [0.25, 0.3) is 0 Å². The highest BCUT2D eigenvalue weighted by Crippen LogP contribution is 2.28. The van der Waals surface area contributed by atoms with Crippen LogP contribution in [0.15, 0.2) is 68.8 Å². The number of hydrogen-bond donors (Lipinski definition) is 3. The lowest BCUT2D eigenvalue weighted by Crippen LogP contribution is -2.37. The molecule has 36 heavy (non-hydrogen) atoms. The Balaban J connectivity index is 1.53. The van der Waals surface area contributed by atoms with Gasteiger partial charge in [-0.25, -0.2) is 5.43 Å². The van der Waals surface area contributed by atoms with Gasteiger partial charge in [-0.3, -0.25) is 14.4 Å². The Hall–Kier alpha value is -4.12. The van der Waals surface area contributed by atoms with Crippen LogP contribution in [0, 0.1) is 6.92 Å². The summed E-state index contributed by atoms with van der Waals surface area (Å²) < 4.78 is 17.3. The van der Waals surface area contributed by atoms with Crippen molar-refractivity contribution in [2.24, 2.45) is 5.10 Å². The second-order valence-electron chi connectivity index (χ2n) is 7.40.